The van der Waals surface area contributed by atoms with E-state index in [9.17, 15) is 4.79 Å². The summed E-state index contributed by atoms with van der Waals surface area (Å²) < 4.78 is 5.46. The summed E-state index contributed by atoms with van der Waals surface area (Å²) in [6.07, 6.45) is 4.49. The minimum Gasteiger partial charge on any atom is -0.493 e. The molecule has 0 saturated carbocycles. The van der Waals surface area contributed by atoms with Crippen molar-refractivity contribution in [2.24, 2.45) is 0 Å². The first kappa shape index (κ1) is 16.0. The molecule has 1 N–H and O–H groups in total. The molecule has 98 valence electrons. The Balaban J connectivity index is 0.00000256. The molecule has 1 aromatic carbocycles. The molecule has 0 spiro atoms. The Morgan fingerprint density at radius 1 is 1.24 bits per heavy atom. The third-order valence-electron chi connectivity index (χ3n) is 2.37. The molecule has 0 bridgehead atoms. The number of aromatic carboxylic acids is 1. The first-order valence-corrected chi connectivity index (χ1v) is 5.70. The molecule has 0 saturated heterocycles. The normalized spacial score (nSPS) is 9.47. The third-order valence-corrected chi connectivity index (χ3v) is 2.37. The molecule has 3 nitrogen and oxygen atoms in total. The van der Waals surface area contributed by atoms with Crippen molar-refractivity contribution in [3.05, 3.63) is 29.8 Å². The van der Waals surface area contributed by atoms with E-state index in [1.165, 1.54) is 12.8 Å². The van der Waals surface area contributed by atoms with Crippen LogP contribution in [0, 0.1) is 0 Å². The predicted molar refractivity (Wildman–Crippen MR) is 63.0 cm³/mol. The van der Waals surface area contributed by atoms with Crippen molar-refractivity contribution in [3.63, 3.8) is 0 Å². The zero-order valence-electron chi connectivity index (χ0n) is 9.92. The molecule has 1 aromatic rings. The Morgan fingerprint density at radius 3 is 2.59 bits per heavy atom. The molecule has 17 heavy (non-hydrogen) atoms. The smallest absolute Gasteiger partial charge is 0.339 e. The Morgan fingerprint density at radius 2 is 1.94 bits per heavy atom. The van der Waals surface area contributed by atoms with Crippen LogP contribution in [0.15, 0.2) is 24.3 Å². The SMILES string of the molecule is CCCCCCOc1ccccc1C(=O)O.[Ni]. The van der Waals surface area contributed by atoms with E-state index < -0.39 is 5.97 Å². The summed E-state index contributed by atoms with van der Waals surface area (Å²) in [5.41, 5.74) is 0.234. The Kier molecular flexibility index (Phi) is 8.52. The zero-order valence-corrected chi connectivity index (χ0v) is 10.9. The Bertz CT molecular complexity index is 339. The van der Waals surface area contributed by atoms with E-state index in [1.807, 2.05) is 0 Å². The molecular weight excluding hydrogens is 263 g/mol. The van der Waals surface area contributed by atoms with E-state index in [-0.39, 0.29) is 22.1 Å². The molecule has 0 aliphatic carbocycles. The second-order valence-corrected chi connectivity index (χ2v) is 3.71. The van der Waals surface area contributed by atoms with Gasteiger partial charge in [0.05, 0.1) is 6.61 Å². The molecule has 4 heteroatoms. The molecule has 1 rings (SSSR count). The Hall–Kier alpha value is -1.02. The number of ether oxygens (including phenoxy) is 1. The summed E-state index contributed by atoms with van der Waals surface area (Å²) >= 11 is 0. The maximum absolute atomic E-state index is 10.9. The van der Waals surface area contributed by atoms with Crippen molar-refractivity contribution in [1.29, 1.82) is 0 Å². The van der Waals surface area contributed by atoms with Crippen LogP contribution < -0.4 is 4.74 Å². The number of carbonyl (C=O) groups is 1. The fraction of sp³-hybridized carbons (Fsp3) is 0.462. The average molecular weight is 281 g/mol. The standard InChI is InChI=1S/C13H18O3.Ni/c1-2-3-4-7-10-16-12-9-6-5-8-11(12)13(14)15;/h5-6,8-9H,2-4,7,10H2,1H3,(H,14,15);. The van der Waals surface area contributed by atoms with Crippen LogP contribution in [-0.2, 0) is 16.5 Å². The second kappa shape index (κ2) is 9.06. The quantitative estimate of drug-likeness (QED) is 0.615. The summed E-state index contributed by atoms with van der Waals surface area (Å²) in [5.74, 6) is -0.476. The van der Waals surface area contributed by atoms with Gasteiger partial charge in [0.15, 0.2) is 0 Å². The van der Waals surface area contributed by atoms with Crippen LogP contribution in [-0.4, -0.2) is 17.7 Å². The number of benzene rings is 1. The monoisotopic (exact) mass is 280 g/mol. The average Bonchev–Trinajstić information content (AvgIpc) is 2.29. The van der Waals surface area contributed by atoms with Gasteiger partial charge in [0.2, 0.25) is 0 Å². The van der Waals surface area contributed by atoms with E-state index in [1.54, 1.807) is 24.3 Å². The minimum atomic E-state index is -0.941. The van der Waals surface area contributed by atoms with Gasteiger partial charge in [-0.15, -0.1) is 0 Å². The maximum atomic E-state index is 10.9. The second-order valence-electron chi connectivity index (χ2n) is 3.71. The van der Waals surface area contributed by atoms with Crippen molar-refractivity contribution in [2.45, 2.75) is 32.6 Å². The van der Waals surface area contributed by atoms with Crippen LogP contribution in [0.4, 0.5) is 0 Å². The van der Waals surface area contributed by atoms with E-state index >= 15 is 0 Å². The summed E-state index contributed by atoms with van der Waals surface area (Å²) in [7, 11) is 0. The number of hydrogen-bond donors (Lipinski definition) is 1. The van der Waals surface area contributed by atoms with E-state index in [4.69, 9.17) is 9.84 Å². The van der Waals surface area contributed by atoms with Gasteiger partial charge in [-0.05, 0) is 18.6 Å². The molecule has 0 heterocycles. The number of carboxylic acids is 1. The van der Waals surface area contributed by atoms with Crippen LogP contribution in [0.1, 0.15) is 43.0 Å². The predicted octanol–water partition coefficient (Wildman–Crippen LogP) is 3.34. The fourth-order valence-electron chi connectivity index (χ4n) is 1.48. The zero-order chi connectivity index (χ0) is 11.8. The van der Waals surface area contributed by atoms with Crippen molar-refractivity contribution < 1.29 is 31.1 Å². The molecule has 0 aliphatic rings. The molecule has 0 aromatic heterocycles. The van der Waals surface area contributed by atoms with Gasteiger partial charge in [0, 0.05) is 16.5 Å². The van der Waals surface area contributed by atoms with Gasteiger partial charge in [-0.2, -0.15) is 0 Å². The summed E-state index contributed by atoms with van der Waals surface area (Å²) in [5, 5.41) is 8.93. The van der Waals surface area contributed by atoms with E-state index in [0.717, 1.165) is 12.8 Å². The fourth-order valence-corrected chi connectivity index (χ4v) is 1.48. The van der Waals surface area contributed by atoms with E-state index in [2.05, 4.69) is 6.92 Å². The van der Waals surface area contributed by atoms with Crippen molar-refractivity contribution >= 4 is 5.97 Å². The van der Waals surface area contributed by atoms with Gasteiger partial charge in [-0.3, -0.25) is 0 Å². The molecule has 0 amide bonds. The van der Waals surface area contributed by atoms with Crippen molar-refractivity contribution in [2.75, 3.05) is 6.61 Å². The largest absolute Gasteiger partial charge is 0.493 e. The van der Waals surface area contributed by atoms with Crippen LogP contribution >= 0.6 is 0 Å². The Labute approximate surface area is 112 Å². The van der Waals surface area contributed by atoms with Gasteiger partial charge < -0.3 is 9.84 Å². The molecule has 0 atom stereocenters. The number of carboxylic acid groups (broad SMARTS) is 1. The van der Waals surface area contributed by atoms with Crippen LogP contribution in [0.3, 0.4) is 0 Å². The molecular formula is C13H18NiO3. The van der Waals surface area contributed by atoms with E-state index in [0.29, 0.717) is 12.4 Å². The topological polar surface area (TPSA) is 46.5 Å². The van der Waals surface area contributed by atoms with Crippen LogP contribution in [0.25, 0.3) is 0 Å². The number of rotatable bonds is 7. The number of hydrogen-bond acceptors (Lipinski definition) is 2. The van der Waals surface area contributed by atoms with Crippen molar-refractivity contribution in [1.82, 2.24) is 0 Å². The molecule has 0 radical (unpaired) electrons. The third kappa shape index (κ3) is 5.74. The number of para-hydroxylation sites is 1. The van der Waals surface area contributed by atoms with Crippen molar-refractivity contribution in [3.8, 4) is 5.75 Å². The maximum Gasteiger partial charge on any atom is 0.339 e. The molecule has 0 unspecified atom stereocenters. The van der Waals surface area contributed by atoms with Crippen LogP contribution in [0.2, 0.25) is 0 Å². The molecule has 0 aliphatic heterocycles. The van der Waals surface area contributed by atoms with Gasteiger partial charge in [-0.25, -0.2) is 4.79 Å². The minimum absolute atomic E-state index is 0. The first-order valence-electron chi connectivity index (χ1n) is 5.70. The number of unbranched alkanes of at least 4 members (excludes halogenated alkanes) is 3. The van der Waals surface area contributed by atoms with Gasteiger partial charge in [0.1, 0.15) is 11.3 Å². The van der Waals surface area contributed by atoms with Crippen LogP contribution in [0.5, 0.6) is 5.75 Å². The summed E-state index contributed by atoms with van der Waals surface area (Å²) in [4.78, 5) is 10.9. The molecule has 0 fully saturated rings. The first-order chi connectivity index (χ1) is 7.75. The van der Waals surface area contributed by atoms with Gasteiger partial charge >= 0.3 is 5.97 Å². The van der Waals surface area contributed by atoms with Gasteiger partial charge in [0.25, 0.3) is 0 Å². The summed E-state index contributed by atoms with van der Waals surface area (Å²) in [6.45, 7) is 2.74. The van der Waals surface area contributed by atoms with Gasteiger partial charge in [-0.1, -0.05) is 38.3 Å². The summed E-state index contributed by atoms with van der Waals surface area (Å²) in [6, 6.07) is 6.74.